The van der Waals surface area contributed by atoms with Crippen LogP contribution in [0.25, 0.3) is 11.1 Å². The first-order valence-electron chi connectivity index (χ1n) is 16.6. The van der Waals surface area contributed by atoms with Crippen LogP contribution in [0.2, 0.25) is 5.02 Å². The minimum Gasteiger partial charge on any atom is -0.480 e. The van der Waals surface area contributed by atoms with E-state index < -0.39 is 41.6 Å². The van der Waals surface area contributed by atoms with E-state index in [1.807, 2.05) is 66.7 Å². The number of carboxylic acids is 1. The third-order valence-corrected chi connectivity index (χ3v) is 8.97. The molecule has 0 radical (unpaired) electrons. The molecule has 1 aliphatic heterocycles. The van der Waals surface area contributed by atoms with E-state index in [9.17, 15) is 32.7 Å². The Balaban J connectivity index is 1.09. The fraction of sp³-hybridized carbons (Fsp3) is 0.205. The molecule has 1 atom stereocenters. The lowest BCUT2D eigenvalue weighted by atomic mass is 9.95. The molecule has 0 spiro atoms. The molecule has 10 nitrogen and oxygen atoms in total. The van der Waals surface area contributed by atoms with Gasteiger partial charge in [-0.2, -0.15) is 13.2 Å². The second-order valence-electron chi connectivity index (χ2n) is 12.4. The van der Waals surface area contributed by atoms with E-state index in [0.717, 1.165) is 23.4 Å². The molecule has 272 valence electrons. The van der Waals surface area contributed by atoms with Gasteiger partial charge in [0, 0.05) is 42.2 Å². The van der Waals surface area contributed by atoms with Crippen LogP contribution in [0.15, 0.2) is 109 Å². The van der Waals surface area contributed by atoms with Crippen molar-refractivity contribution in [3.63, 3.8) is 0 Å². The van der Waals surface area contributed by atoms with Gasteiger partial charge in [0.1, 0.15) is 23.2 Å². The maximum atomic E-state index is 13.5. The smallest absolute Gasteiger partial charge is 0.433 e. The first-order chi connectivity index (χ1) is 25.4. The molecule has 2 heterocycles. The number of carbonyl (C=O) groups is 3. The van der Waals surface area contributed by atoms with Crippen molar-refractivity contribution in [2.45, 2.75) is 31.5 Å². The van der Waals surface area contributed by atoms with Gasteiger partial charge in [-0.25, -0.2) is 14.8 Å². The Kier molecular flexibility index (Phi) is 11.2. The molecule has 4 aromatic carbocycles. The fourth-order valence-corrected chi connectivity index (χ4v) is 6.12. The summed E-state index contributed by atoms with van der Waals surface area (Å²) in [6, 6.07) is 28.0. The normalized spacial score (nSPS) is 13.9. The van der Waals surface area contributed by atoms with Gasteiger partial charge in [0.05, 0.1) is 11.3 Å². The van der Waals surface area contributed by atoms with Crippen LogP contribution in [-0.4, -0.2) is 52.0 Å². The van der Waals surface area contributed by atoms with Gasteiger partial charge in [-0.1, -0.05) is 72.3 Å². The van der Waals surface area contributed by atoms with Crippen LogP contribution in [0, 0.1) is 5.92 Å². The Morgan fingerprint density at radius 3 is 2.32 bits per heavy atom. The summed E-state index contributed by atoms with van der Waals surface area (Å²) >= 11 is 6.20. The summed E-state index contributed by atoms with van der Waals surface area (Å²) in [6.45, 7) is 0.477. The first kappa shape index (κ1) is 36.8. The highest BCUT2D eigenvalue weighted by Gasteiger charge is 2.34. The number of benzene rings is 4. The minimum atomic E-state index is -4.61. The van der Waals surface area contributed by atoms with E-state index in [4.69, 9.17) is 16.3 Å². The number of anilines is 2. The Hall–Kier alpha value is -5.95. The average molecular weight is 744 g/mol. The highest BCUT2D eigenvalue weighted by Crippen LogP contribution is 2.34. The van der Waals surface area contributed by atoms with Crippen molar-refractivity contribution in [3.05, 3.63) is 131 Å². The highest BCUT2D eigenvalue weighted by atomic mass is 35.5. The molecule has 53 heavy (non-hydrogen) atoms. The number of carbonyl (C=O) groups excluding carboxylic acids is 2. The van der Waals surface area contributed by atoms with E-state index in [1.54, 1.807) is 17.0 Å². The van der Waals surface area contributed by atoms with Gasteiger partial charge in [0.2, 0.25) is 11.9 Å². The third-order valence-electron chi connectivity index (χ3n) is 8.73. The number of aromatic nitrogens is 2. The Morgan fingerprint density at radius 2 is 1.62 bits per heavy atom. The number of hydrogen-bond acceptors (Lipinski definition) is 7. The first-order valence-corrected chi connectivity index (χ1v) is 17.0. The summed E-state index contributed by atoms with van der Waals surface area (Å²) in [5.74, 6) is -1.66. The molecule has 0 unspecified atom stereocenters. The molecular formula is C39H33ClF3N5O5. The van der Waals surface area contributed by atoms with Crippen LogP contribution in [-0.2, 0) is 22.2 Å². The maximum Gasteiger partial charge on any atom is 0.433 e. The number of amides is 2. The van der Waals surface area contributed by atoms with E-state index in [2.05, 4.69) is 20.6 Å². The third kappa shape index (κ3) is 9.29. The van der Waals surface area contributed by atoms with Gasteiger partial charge in [-0.3, -0.25) is 9.59 Å². The SMILES string of the molecule is O=C(N[C@@H](Cc1ccc(-c2ccccc2Oc2ccccc2)cc1)C(=O)O)c1cc(Cl)ccc1NC(=O)C1CCN(c2nccc(C(F)(F)F)n2)CC1. The lowest BCUT2D eigenvalue weighted by molar-refractivity contribution is -0.141. The number of ether oxygens (including phenoxy) is 1. The summed E-state index contributed by atoms with van der Waals surface area (Å²) in [4.78, 5) is 48.3. The predicted molar refractivity (Wildman–Crippen MR) is 193 cm³/mol. The molecule has 6 rings (SSSR count). The fourth-order valence-electron chi connectivity index (χ4n) is 5.95. The van der Waals surface area contributed by atoms with Crippen molar-refractivity contribution in [2.75, 3.05) is 23.3 Å². The van der Waals surface area contributed by atoms with Gasteiger partial charge in [-0.05, 0) is 66.4 Å². The van der Waals surface area contributed by atoms with Crippen LogP contribution in [0.5, 0.6) is 11.5 Å². The highest BCUT2D eigenvalue weighted by molar-refractivity contribution is 6.31. The van der Waals surface area contributed by atoms with E-state index in [0.29, 0.717) is 29.9 Å². The Bertz CT molecular complexity index is 2090. The molecule has 5 aromatic rings. The van der Waals surface area contributed by atoms with E-state index in [1.165, 1.54) is 18.2 Å². The molecule has 1 aliphatic rings. The number of halogens is 4. The molecule has 1 saturated heterocycles. The van der Waals surface area contributed by atoms with E-state index >= 15 is 0 Å². The predicted octanol–water partition coefficient (Wildman–Crippen LogP) is 7.89. The number of aliphatic carboxylic acids is 1. The Labute approximate surface area is 307 Å². The van der Waals surface area contributed by atoms with E-state index in [-0.39, 0.29) is 41.7 Å². The molecular weight excluding hydrogens is 711 g/mol. The zero-order valence-electron chi connectivity index (χ0n) is 28.0. The molecule has 0 bridgehead atoms. The van der Waals surface area contributed by atoms with Crippen LogP contribution < -0.4 is 20.3 Å². The molecule has 14 heteroatoms. The van der Waals surface area contributed by atoms with Crippen LogP contribution in [0.3, 0.4) is 0 Å². The monoisotopic (exact) mass is 743 g/mol. The zero-order chi connectivity index (χ0) is 37.5. The number of rotatable bonds is 11. The molecule has 1 fully saturated rings. The zero-order valence-corrected chi connectivity index (χ0v) is 28.8. The van der Waals surface area contributed by atoms with Gasteiger partial charge in [-0.15, -0.1) is 0 Å². The van der Waals surface area contributed by atoms with Gasteiger partial charge in [0.15, 0.2) is 0 Å². The largest absolute Gasteiger partial charge is 0.480 e. The van der Waals surface area contributed by atoms with Gasteiger partial charge in [0.25, 0.3) is 5.91 Å². The van der Waals surface area contributed by atoms with Crippen LogP contribution >= 0.6 is 11.6 Å². The quantitative estimate of drug-likeness (QED) is 0.124. The second kappa shape index (κ2) is 16.2. The number of nitrogens with one attached hydrogen (secondary N) is 2. The van der Waals surface area contributed by atoms with Crippen LogP contribution in [0.1, 0.15) is 34.5 Å². The number of alkyl halides is 3. The topological polar surface area (TPSA) is 134 Å². The lowest BCUT2D eigenvalue weighted by Gasteiger charge is -2.31. The lowest BCUT2D eigenvalue weighted by Crippen LogP contribution is -2.43. The number of para-hydroxylation sites is 2. The summed E-state index contributed by atoms with van der Waals surface area (Å²) in [5.41, 5.74) is 1.40. The molecule has 1 aromatic heterocycles. The summed E-state index contributed by atoms with van der Waals surface area (Å²) in [6.07, 6.45) is -2.99. The molecule has 0 saturated carbocycles. The van der Waals surface area contributed by atoms with Crippen molar-refractivity contribution in [1.82, 2.24) is 15.3 Å². The summed E-state index contributed by atoms with van der Waals surface area (Å²) < 4.78 is 45.5. The van der Waals surface area contributed by atoms with Crippen molar-refractivity contribution in [2.24, 2.45) is 5.92 Å². The van der Waals surface area contributed by atoms with Gasteiger partial charge < -0.3 is 25.4 Å². The molecule has 2 amide bonds. The van der Waals surface area contributed by atoms with Crippen molar-refractivity contribution in [3.8, 4) is 22.6 Å². The summed E-state index contributed by atoms with van der Waals surface area (Å²) in [5, 5.41) is 15.5. The van der Waals surface area contributed by atoms with Gasteiger partial charge >= 0.3 is 12.1 Å². The maximum absolute atomic E-state index is 13.5. The minimum absolute atomic E-state index is 0.0278. The van der Waals surface area contributed by atoms with Crippen molar-refractivity contribution >= 4 is 41.0 Å². The molecule has 3 N–H and O–H groups in total. The molecule has 0 aliphatic carbocycles. The van der Waals surface area contributed by atoms with Crippen LogP contribution in [0.4, 0.5) is 24.8 Å². The Morgan fingerprint density at radius 1 is 0.925 bits per heavy atom. The number of carboxylic acid groups (broad SMARTS) is 1. The number of hydrogen-bond donors (Lipinski definition) is 3. The average Bonchev–Trinajstić information content (AvgIpc) is 3.16. The number of nitrogens with zero attached hydrogens (tertiary/aromatic N) is 3. The summed E-state index contributed by atoms with van der Waals surface area (Å²) in [7, 11) is 0. The second-order valence-corrected chi connectivity index (χ2v) is 12.8. The number of piperidine rings is 1. The standard InChI is InChI=1S/C39H33ClF3N5O5/c40-27-14-15-31(45-35(49)26-17-20-48(21-18-26)38-44-19-16-34(47-38)39(41,42)43)30(23-27)36(50)46-32(37(51)52)22-24-10-12-25(13-11-24)29-8-4-5-9-33(29)53-28-6-2-1-3-7-28/h1-16,19,23,26,32H,17-18,20-22H2,(H,45,49)(H,46,50)(H,51,52)/t32-/m0/s1. The van der Waals surface area contributed by atoms with Crippen molar-refractivity contribution < 1.29 is 37.4 Å². The van der Waals surface area contributed by atoms with Crippen molar-refractivity contribution in [1.29, 1.82) is 0 Å².